The minimum Gasteiger partial charge on any atom is -0.444 e. The number of rotatable bonds is 3. The van der Waals surface area contributed by atoms with Gasteiger partial charge in [0.05, 0.1) is 6.54 Å². The van der Waals surface area contributed by atoms with Crippen LogP contribution in [0.2, 0.25) is 0 Å². The number of hydrogen-bond acceptors (Lipinski definition) is 5. The van der Waals surface area contributed by atoms with Gasteiger partial charge in [0.15, 0.2) is 0 Å². The first kappa shape index (κ1) is 19.7. The zero-order chi connectivity index (χ0) is 17.8. The van der Waals surface area contributed by atoms with Crippen LogP contribution in [0, 0.1) is 0 Å². The minimum atomic E-state index is -0.515. The molecule has 1 saturated heterocycles. The molecule has 0 bridgehead atoms. The van der Waals surface area contributed by atoms with Crippen molar-refractivity contribution < 1.29 is 14.3 Å². The molecule has 1 fully saturated rings. The summed E-state index contributed by atoms with van der Waals surface area (Å²) in [4.78, 5) is 27.9. The lowest BCUT2D eigenvalue weighted by Gasteiger charge is -2.41. The Bertz CT molecular complexity index is 426. The number of nitrogens with zero attached hydrogens (tertiary/aromatic N) is 2. The van der Waals surface area contributed by atoms with Crippen LogP contribution in [0.4, 0.5) is 4.79 Å². The molecule has 1 aliphatic rings. The number of nitrogens with one attached hydrogen (secondary N) is 1. The van der Waals surface area contributed by atoms with E-state index in [2.05, 4.69) is 5.32 Å². The molecule has 0 radical (unpaired) electrons. The molecule has 0 aromatic heterocycles. The Morgan fingerprint density at radius 1 is 1.17 bits per heavy atom. The molecule has 1 heterocycles. The van der Waals surface area contributed by atoms with Crippen LogP contribution in [0.25, 0.3) is 0 Å². The highest BCUT2D eigenvalue weighted by Gasteiger charge is 2.32. The van der Waals surface area contributed by atoms with Crippen LogP contribution in [-0.2, 0) is 9.53 Å². The van der Waals surface area contributed by atoms with Crippen LogP contribution >= 0.6 is 0 Å². The lowest BCUT2D eigenvalue weighted by Crippen LogP contribution is -2.60. The third-order valence-corrected chi connectivity index (χ3v) is 3.39. The predicted molar refractivity (Wildman–Crippen MR) is 90.1 cm³/mol. The second-order valence-corrected chi connectivity index (χ2v) is 8.08. The monoisotopic (exact) mass is 328 g/mol. The third-order valence-electron chi connectivity index (χ3n) is 3.39. The van der Waals surface area contributed by atoms with Gasteiger partial charge in [0.25, 0.3) is 0 Å². The number of hydrogen-bond donors (Lipinski definition) is 2. The minimum absolute atomic E-state index is 0.0262. The molecule has 0 saturated carbocycles. The van der Waals surface area contributed by atoms with Crippen LogP contribution in [-0.4, -0.2) is 71.7 Å². The van der Waals surface area contributed by atoms with Gasteiger partial charge in [0.1, 0.15) is 5.60 Å². The maximum atomic E-state index is 12.2. The molecule has 7 heteroatoms. The lowest BCUT2D eigenvalue weighted by molar-refractivity contribution is -0.124. The van der Waals surface area contributed by atoms with Crippen LogP contribution in [0.3, 0.4) is 0 Å². The summed E-state index contributed by atoms with van der Waals surface area (Å²) in [5, 5.41) is 2.95. The summed E-state index contributed by atoms with van der Waals surface area (Å²) >= 11 is 0. The fourth-order valence-electron chi connectivity index (χ4n) is 2.46. The first-order chi connectivity index (χ1) is 10.4. The van der Waals surface area contributed by atoms with Crippen molar-refractivity contribution in [1.82, 2.24) is 15.1 Å². The lowest BCUT2D eigenvalue weighted by atomic mass is 10.1. The maximum Gasteiger partial charge on any atom is 0.410 e. The molecule has 0 aromatic rings. The van der Waals surface area contributed by atoms with E-state index in [4.69, 9.17) is 10.5 Å². The summed E-state index contributed by atoms with van der Waals surface area (Å²) in [7, 11) is 0. The molecule has 1 aliphatic heterocycles. The molecule has 0 spiro atoms. The van der Waals surface area contributed by atoms with E-state index in [1.165, 1.54) is 0 Å². The molecular formula is C16H32N4O3. The summed E-state index contributed by atoms with van der Waals surface area (Å²) in [6, 6.07) is -0.0398. The summed E-state index contributed by atoms with van der Waals surface area (Å²) in [6.07, 6.45) is -0.324. The molecule has 1 rings (SSSR count). The second kappa shape index (κ2) is 7.49. The van der Waals surface area contributed by atoms with E-state index >= 15 is 0 Å². The quantitative estimate of drug-likeness (QED) is 0.799. The van der Waals surface area contributed by atoms with Crippen molar-refractivity contribution in [1.29, 1.82) is 0 Å². The van der Waals surface area contributed by atoms with E-state index in [0.29, 0.717) is 32.7 Å². The van der Waals surface area contributed by atoms with Crippen molar-refractivity contribution in [3.8, 4) is 0 Å². The van der Waals surface area contributed by atoms with Crippen LogP contribution in [0.5, 0.6) is 0 Å². The van der Waals surface area contributed by atoms with E-state index in [9.17, 15) is 9.59 Å². The number of piperazine rings is 1. The maximum absolute atomic E-state index is 12.2. The normalized spacial score (nSPS) is 20.3. The third kappa shape index (κ3) is 7.18. The van der Waals surface area contributed by atoms with Gasteiger partial charge >= 0.3 is 6.09 Å². The Kier molecular flexibility index (Phi) is 6.41. The van der Waals surface area contributed by atoms with Gasteiger partial charge < -0.3 is 20.7 Å². The van der Waals surface area contributed by atoms with Crippen LogP contribution in [0.1, 0.15) is 41.5 Å². The average Bonchev–Trinajstić information content (AvgIpc) is 2.34. The number of carbonyl (C=O) groups excluding carboxylic acids is 2. The van der Waals surface area contributed by atoms with Gasteiger partial charge in [-0.1, -0.05) is 0 Å². The fourth-order valence-corrected chi connectivity index (χ4v) is 2.46. The van der Waals surface area contributed by atoms with Crippen LogP contribution < -0.4 is 11.1 Å². The highest BCUT2D eigenvalue weighted by Crippen LogP contribution is 2.14. The number of carbonyl (C=O) groups is 2. The molecule has 23 heavy (non-hydrogen) atoms. The number of amides is 2. The molecular weight excluding hydrogens is 296 g/mol. The fraction of sp³-hybridized carbons (Fsp3) is 0.875. The van der Waals surface area contributed by atoms with Crippen molar-refractivity contribution in [3.63, 3.8) is 0 Å². The van der Waals surface area contributed by atoms with E-state index in [-0.39, 0.29) is 23.6 Å². The van der Waals surface area contributed by atoms with Gasteiger partial charge in [0.2, 0.25) is 5.91 Å². The van der Waals surface area contributed by atoms with E-state index < -0.39 is 5.60 Å². The molecule has 1 unspecified atom stereocenters. The average molecular weight is 328 g/mol. The standard InChI is InChI=1S/C16H32N4O3/c1-15(2,3)18-13(21)11-19-7-8-20(10-12(19)9-17)14(22)23-16(4,5)6/h12H,7-11,17H2,1-6H3,(H,18,21). The summed E-state index contributed by atoms with van der Waals surface area (Å²) in [6.45, 7) is 13.7. The molecule has 1 atom stereocenters. The van der Waals surface area contributed by atoms with Crippen molar-refractivity contribution in [3.05, 3.63) is 0 Å². The molecule has 134 valence electrons. The SMILES string of the molecule is CC(C)(C)NC(=O)CN1CCN(C(=O)OC(C)(C)C)CC1CN. The first-order valence-electron chi connectivity index (χ1n) is 8.14. The van der Waals surface area contributed by atoms with Gasteiger partial charge in [-0.15, -0.1) is 0 Å². The topological polar surface area (TPSA) is 87.9 Å². The summed E-state index contributed by atoms with van der Waals surface area (Å²) < 4.78 is 5.40. The van der Waals surface area contributed by atoms with Gasteiger partial charge in [-0.25, -0.2) is 4.79 Å². The highest BCUT2D eigenvalue weighted by atomic mass is 16.6. The Morgan fingerprint density at radius 2 is 1.78 bits per heavy atom. The van der Waals surface area contributed by atoms with Gasteiger partial charge in [0, 0.05) is 37.8 Å². The zero-order valence-electron chi connectivity index (χ0n) is 15.3. The summed E-state index contributed by atoms with van der Waals surface area (Å²) in [5.74, 6) is -0.0262. The summed E-state index contributed by atoms with van der Waals surface area (Å²) in [5.41, 5.74) is 5.06. The van der Waals surface area contributed by atoms with Crippen molar-refractivity contribution in [2.45, 2.75) is 58.7 Å². The van der Waals surface area contributed by atoms with Crippen molar-refractivity contribution in [2.75, 3.05) is 32.7 Å². The Morgan fingerprint density at radius 3 is 2.26 bits per heavy atom. The second-order valence-electron chi connectivity index (χ2n) is 8.08. The molecule has 2 amide bonds. The molecule has 0 aliphatic carbocycles. The molecule has 0 aromatic carbocycles. The largest absolute Gasteiger partial charge is 0.444 e. The Balaban J connectivity index is 2.59. The number of nitrogens with two attached hydrogens (primary N) is 1. The Labute approximate surface area is 139 Å². The van der Waals surface area contributed by atoms with E-state index in [1.54, 1.807) is 4.90 Å². The van der Waals surface area contributed by atoms with Crippen LogP contribution in [0.15, 0.2) is 0 Å². The first-order valence-corrected chi connectivity index (χ1v) is 8.14. The molecule has 3 N–H and O–H groups in total. The van der Waals surface area contributed by atoms with Crippen molar-refractivity contribution in [2.24, 2.45) is 5.73 Å². The Hall–Kier alpha value is -1.34. The van der Waals surface area contributed by atoms with Crippen molar-refractivity contribution >= 4 is 12.0 Å². The van der Waals surface area contributed by atoms with E-state index in [1.807, 2.05) is 46.4 Å². The zero-order valence-corrected chi connectivity index (χ0v) is 15.3. The predicted octanol–water partition coefficient (Wildman–Crippen LogP) is 0.781. The van der Waals surface area contributed by atoms with Gasteiger partial charge in [-0.05, 0) is 41.5 Å². The molecule has 7 nitrogen and oxygen atoms in total. The smallest absolute Gasteiger partial charge is 0.410 e. The van der Waals surface area contributed by atoms with Gasteiger partial charge in [-0.3, -0.25) is 9.69 Å². The van der Waals surface area contributed by atoms with E-state index in [0.717, 1.165) is 0 Å². The number of ether oxygens (including phenoxy) is 1. The highest BCUT2D eigenvalue weighted by molar-refractivity contribution is 5.78. The van der Waals surface area contributed by atoms with Gasteiger partial charge in [-0.2, -0.15) is 0 Å².